The highest BCUT2D eigenvalue weighted by atomic mass is 16.5. The fourth-order valence-corrected chi connectivity index (χ4v) is 2.66. The van der Waals surface area contributed by atoms with Gasteiger partial charge in [-0.25, -0.2) is 0 Å². The third-order valence-electron chi connectivity index (χ3n) is 4.08. The van der Waals surface area contributed by atoms with Crippen molar-refractivity contribution in [1.82, 2.24) is 5.32 Å². The number of hydrogen-bond acceptors (Lipinski definition) is 3. The Morgan fingerprint density at radius 1 is 1.09 bits per heavy atom. The molecule has 2 aromatic rings. The highest BCUT2D eigenvalue weighted by Gasteiger charge is 2.38. The molecule has 1 saturated heterocycles. The molecule has 118 valence electrons. The van der Waals surface area contributed by atoms with Crippen molar-refractivity contribution in [3.05, 3.63) is 71.8 Å². The standard InChI is InChI=1S/C20H21NO2/c22-20(12-11-17-7-3-1-4-8-17)13-14-23-16-19(20)21-15-18-9-5-2-6-10-18/h1-10,19,21-22H,13-16H2/t19-,20-/m1/s1. The van der Waals surface area contributed by atoms with Gasteiger partial charge in [0.1, 0.15) is 5.60 Å². The molecule has 3 heteroatoms. The molecular formula is C20H21NO2. The van der Waals surface area contributed by atoms with Crippen molar-refractivity contribution < 1.29 is 9.84 Å². The molecule has 0 saturated carbocycles. The molecule has 1 aliphatic rings. The summed E-state index contributed by atoms with van der Waals surface area (Å²) in [7, 11) is 0. The van der Waals surface area contributed by atoms with Crippen molar-refractivity contribution in [3.63, 3.8) is 0 Å². The molecule has 3 nitrogen and oxygen atoms in total. The number of rotatable bonds is 3. The summed E-state index contributed by atoms with van der Waals surface area (Å²) in [6.07, 6.45) is 0.513. The van der Waals surface area contributed by atoms with Gasteiger partial charge in [-0.3, -0.25) is 0 Å². The van der Waals surface area contributed by atoms with Crippen LogP contribution in [0.1, 0.15) is 17.5 Å². The van der Waals surface area contributed by atoms with Crippen LogP contribution in [0.3, 0.4) is 0 Å². The van der Waals surface area contributed by atoms with Crippen LogP contribution in [0.5, 0.6) is 0 Å². The maximum Gasteiger partial charge on any atom is 0.145 e. The lowest BCUT2D eigenvalue weighted by Gasteiger charge is -2.36. The maximum atomic E-state index is 11.0. The monoisotopic (exact) mass is 307 g/mol. The summed E-state index contributed by atoms with van der Waals surface area (Å²) in [4.78, 5) is 0. The molecule has 0 unspecified atom stereocenters. The second-order valence-corrected chi connectivity index (χ2v) is 5.78. The summed E-state index contributed by atoms with van der Waals surface area (Å²) in [5.41, 5.74) is 1.02. The van der Waals surface area contributed by atoms with Gasteiger partial charge >= 0.3 is 0 Å². The van der Waals surface area contributed by atoms with E-state index in [0.717, 1.165) is 5.56 Å². The highest BCUT2D eigenvalue weighted by Crippen LogP contribution is 2.21. The Bertz CT molecular complexity index is 675. The molecule has 1 heterocycles. The van der Waals surface area contributed by atoms with Crippen LogP contribution in [0, 0.1) is 11.8 Å². The van der Waals surface area contributed by atoms with Crippen molar-refractivity contribution in [2.24, 2.45) is 0 Å². The fraction of sp³-hybridized carbons (Fsp3) is 0.300. The average Bonchev–Trinajstić information content (AvgIpc) is 2.61. The zero-order valence-corrected chi connectivity index (χ0v) is 13.0. The average molecular weight is 307 g/mol. The Hall–Kier alpha value is -2.12. The van der Waals surface area contributed by atoms with Gasteiger partial charge in [0.2, 0.25) is 0 Å². The molecule has 2 N–H and O–H groups in total. The minimum absolute atomic E-state index is 0.201. The van der Waals surface area contributed by atoms with Crippen LogP contribution in [-0.2, 0) is 11.3 Å². The van der Waals surface area contributed by atoms with Crippen LogP contribution in [0.25, 0.3) is 0 Å². The predicted octanol–water partition coefficient (Wildman–Crippen LogP) is 2.35. The smallest absolute Gasteiger partial charge is 0.145 e. The summed E-state index contributed by atoms with van der Waals surface area (Å²) >= 11 is 0. The van der Waals surface area contributed by atoms with Crippen molar-refractivity contribution >= 4 is 0 Å². The van der Waals surface area contributed by atoms with E-state index < -0.39 is 5.60 Å². The molecule has 0 amide bonds. The molecule has 1 aliphatic heterocycles. The molecule has 0 radical (unpaired) electrons. The molecule has 0 spiro atoms. The zero-order chi connectivity index (χ0) is 16.0. The van der Waals surface area contributed by atoms with E-state index in [4.69, 9.17) is 4.74 Å². The SMILES string of the molecule is O[C@]1(C#Cc2ccccc2)CCOC[C@H]1NCc1ccccc1. The Morgan fingerprint density at radius 2 is 1.78 bits per heavy atom. The largest absolute Gasteiger partial charge is 0.380 e. The van der Waals surface area contributed by atoms with Crippen molar-refractivity contribution in [1.29, 1.82) is 0 Å². The van der Waals surface area contributed by atoms with Gasteiger partial charge in [0.25, 0.3) is 0 Å². The Kier molecular flexibility index (Phi) is 5.09. The second-order valence-electron chi connectivity index (χ2n) is 5.78. The molecule has 0 bridgehead atoms. The number of benzene rings is 2. The molecule has 3 rings (SSSR count). The number of nitrogens with one attached hydrogen (secondary N) is 1. The topological polar surface area (TPSA) is 41.5 Å². The van der Waals surface area contributed by atoms with Crippen LogP contribution in [0.15, 0.2) is 60.7 Å². The molecule has 0 aliphatic carbocycles. The molecule has 0 aromatic heterocycles. The van der Waals surface area contributed by atoms with Crippen LogP contribution in [0.2, 0.25) is 0 Å². The van der Waals surface area contributed by atoms with E-state index in [0.29, 0.717) is 26.2 Å². The number of hydrogen-bond donors (Lipinski definition) is 2. The highest BCUT2D eigenvalue weighted by molar-refractivity contribution is 5.37. The Balaban J connectivity index is 1.71. The van der Waals surface area contributed by atoms with E-state index in [1.165, 1.54) is 5.56 Å². The van der Waals surface area contributed by atoms with Gasteiger partial charge in [0, 0.05) is 18.5 Å². The van der Waals surface area contributed by atoms with Gasteiger partial charge in [0.05, 0.1) is 19.3 Å². The van der Waals surface area contributed by atoms with Crippen molar-refractivity contribution in [2.45, 2.75) is 24.6 Å². The van der Waals surface area contributed by atoms with Crippen LogP contribution >= 0.6 is 0 Å². The van der Waals surface area contributed by atoms with Gasteiger partial charge in [-0.15, -0.1) is 0 Å². The first-order chi connectivity index (χ1) is 11.3. The minimum atomic E-state index is -1.07. The maximum absolute atomic E-state index is 11.0. The van der Waals surface area contributed by atoms with Crippen LogP contribution in [0.4, 0.5) is 0 Å². The minimum Gasteiger partial charge on any atom is -0.380 e. The third kappa shape index (κ3) is 4.20. The van der Waals surface area contributed by atoms with Gasteiger partial charge in [0.15, 0.2) is 0 Å². The van der Waals surface area contributed by atoms with E-state index >= 15 is 0 Å². The van der Waals surface area contributed by atoms with E-state index in [1.54, 1.807) is 0 Å². The summed E-state index contributed by atoms with van der Waals surface area (Å²) < 4.78 is 5.53. The van der Waals surface area contributed by atoms with Crippen molar-refractivity contribution in [2.75, 3.05) is 13.2 Å². The normalized spacial score (nSPS) is 23.8. The summed E-state index contributed by atoms with van der Waals surface area (Å²) in [5.74, 6) is 6.15. The van der Waals surface area contributed by atoms with Gasteiger partial charge < -0.3 is 15.2 Å². The first-order valence-corrected chi connectivity index (χ1v) is 7.92. The molecule has 23 heavy (non-hydrogen) atoms. The lowest BCUT2D eigenvalue weighted by atomic mass is 9.89. The number of ether oxygens (including phenoxy) is 1. The summed E-state index contributed by atoms with van der Waals surface area (Å²) in [6.45, 7) is 1.68. The molecule has 2 atom stereocenters. The predicted molar refractivity (Wildman–Crippen MR) is 90.8 cm³/mol. The Labute approximate surface area is 137 Å². The molecule has 1 fully saturated rings. The lowest BCUT2D eigenvalue weighted by Crippen LogP contribution is -2.55. The third-order valence-corrected chi connectivity index (χ3v) is 4.08. The van der Waals surface area contributed by atoms with Crippen LogP contribution in [-0.4, -0.2) is 30.0 Å². The van der Waals surface area contributed by atoms with E-state index in [1.807, 2.05) is 48.5 Å². The molecule has 2 aromatic carbocycles. The lowest BCUT2D eigenvalue weighted by molar-refractivity contribution is -0.0558. The van der Waals surface area contributed by atoms with Crippen molar-refractivity contribution in [3.8, 4) is 11.8 Å². The quantitative estimate of drug-likeness (QED) is 0.855. The number of aliphatic hydroxyl groups is 1. The summed E-state index contributed by atoms with van der Waals surface area (Å²) in [5, 5.41) is 14.3. The van der Waals surface area contributed by atoms with Crippen LogP contribution < -0.4 is 5.32 Å². The second kappa shape index (κ2) is 7.43. The first kappa shape index (κ1) is 15.8. The van der Waals surface area contributed by atoms with E-state index in [9.17, 15) is 5.11 Å². The summed E-state index contributed by atoms with van der Waals surface area (Å²) in [6, 6.07) is 19.7. The van der Waals surface area contributed by atoms with E-state index in [2.05, 4.69) is 29.3 Å². The molecular weight excluding hydrogens is 286 g/mol. The fourth-order valence-electron chi connectivity index (χ4n) is 2.66. The zero-order valence-electron chi connectivity index (χ0n) is 13.0. The van der Waals surface area contributed by atoms with Gasteiger partial charge in [-0.05, 0) is 17.7 Å². The first-order valence-electron chi connectivity index (χ1n) is 7.92. The van der Waals surface area contributed by atoms with E-state index in [-0.39, 0.29) is 6.04 Å². The van der Waals surface area contributed by atoms with Gasteiger partial charge in [-0.2, -0.15) is 0 Å². The Morgan fingerprint density at radius 3 is 2.52 bits per heavy atom. The van der Waals surface area contributed by atoms with Gasteiger partial charge in [-0.1, -0.05) is 60.4 Å².